The number of halogens is 2. The summed E-state index contributed by atoms with van der Waals surface area (Å²) in [5.74, 6) is 0.478. The molecule has 4 heterocycles. The number of aromatic nitrogens is 3. The van der Waals surface area contributed by atoms with Gasteiger partial charge in [-0.1, -0.05) is 17.7 Å². The van der Waals surface area contributed by atoms with E-state index in [1.807, 2.05) is 25.2 Å². The fraction of sp³-hybridized carbons (Fsp3) is 0.158. The van der Waals surface area contributed by atoms with Crippen molar-refractivity contribution in [3.8, 4) is 21.3 Å². The van der Waals surface area contributed by atoms with Crippen molar-refractivity contribution in [3.63, 3.8) is 0 Å². The van der Waals surface area contributed by atoms with E-state index in [1.165, 1.54) is 11.8 Å². The van der Waals surface area contributed by atoms with E-state index in [2.05, 4.69) is 25.9 Å². The molecule has 0 amide bonds. The number of fused-ring (bicyclic) bond motifs is 4. The molecule has 0 atom stereocenters. The molecule has 1 aliphatic rings. The molecule has 0 saturated heterocycles. The van der Waals surface area contributed by atoms with Crippen LogP contribution in [0.1, 0.15) is 5.56 Å². The van der Waals surface area contributed by atoms with Gasteiger partial charge in [0.05, 0.1) is 32.2 Å². The Morgan fingerprint density at radius 3 is 3.04 bits per heavy atom. The van der Waals surface area contributed by atoms with Crippen molar-refractivity contribution >= 4 is 39.7 Å². The highest BCUT2D eigenvalue weighted by Crippen LogP contribution is 2.42. The number of H-pyrrole nitrogens is 1. The van der Waals surface area contributed by atoms with E-state index in [1.54, 1.807) is 17.4 Å². The van der Waals surface area contributed by atoms with Crippen LogP contribution in [0.25, 0.3) is 32.3 Å². The Hall–Kier alpha value is -2.44. The number of anilines is 1. The molecule has 5 rings (SSSR count). The van der Waals surface area contributed by atoms with Crippen LogP contribution in [0.4, 0.5) is 10.1 Å². The lowest BCUT2D eigenvalue weighted by atomic mass is 10.1. The monoisotopic (exact) mass is 384 g/mol. The van der Waals surface area contributed by atoms with Gasteiger partial charge in [0.2, 0.25) is 0 Å². The van der Waals surface area contributed by atoms with Crippen molar-refractivity contribution in [1.29, 1.82) is 0 Å². The Morgan fingerprint density at radius 2 is 2.19 bits per heavy atom. The first kappa shape index (κ1) is 15.8. The van der Waals surface area contributed by atoms with Gasteiger partial charge in [0.25, 0.3) is 0 Å². The van der Waals surface area contributed by atoms with E-state index in [4.69, 9.17) is 11.6 Å². The summed E-state index contributed by atoms with van der Waals surface area (Å²) >= 11 is 7.87. The Labute approximate surface area is 158 Å². The van der Waals surface area contributed by atoms with Gasteiger partial charge in [0, 0.05) is 19.7 Å². The van der Waals surface area contributed by atoms with Crippen LogP contribution in [0.2, 0.25) is 5.02 Å². The number of likely N-dealkylation sites (N-methyl/N-ethyl adjacent to an activating group) is 1. The predicted molar refractivity (Wildman–Crippen MR) is 105 cm³/mol. The second-order valence-electron chi connectivity index (χ2n) is 6.38. The molecule has 1 aromatic carbocycles. The highest BCUT2D eigenvalue weighted by atomic mass is 35.5. The molecule has 1 aliphatic heterocycles. The molecule has 0 aliphatic carbocycles. The van der Waals surface area contributed by atoms with Crippen molar-refractivity contribution in [2.75, 3.05) is 18.5 Å². The van der Waals surface area contributed by atoms with Crippen LogP contribution >= 0.6 is 22.9 Å². The molecule has 26 heavy (non-hydrogen) atoms. The lowest BCUT2D eigenvalue weighted by Crippen LogP contribution is -2.19. The van der Waals surface area contributed by atoms with Crippen LogP contribution in [0.5, 0.6) is 0 Å². The molecule has 7 heteroatoms. The Kier molecular flexibility index (Phi) is 3.52. The minimum Gasteiger partial charge on any atom is -0.372 e. The van der Waals surface area contributed by atoms with Gasteiger partial charge in [0.1, 0.15) is 22.9 Å². The number of hydrogen-bond donors (Lipinski definition) is 1. The average molecular weight is 385 g/mol. The second-order valence-corrected chi connectivity index (χ2v) is 7.84. The number of imidazole rings is 1. The minimum absolute atomic E-state index is 0.317. The summed E-state index contributed by atoms with van der Waals surface area (Å²) in [5.41, 5.74) is 4.54. The van der Waals surface area contributed by atoms with Gasteiger partial charge in [-0.15, -0.1) is 11.3 Å². The van der Waals surface area contributed by atoms with Crippen LogP contribution in [0.15, 0.2) is 36.5 Å². The van der Waals surface area contributed by atoms with E-state index < -0.39 is 0 Å². The number of aromatic amines is 1. The second kappa shape index (κ2) is 5.79. The molecule has 130 valence electrons. The molecule has 0 saturated carbocycles. The van der Waals surface area contributed by atoms with E-state index in [9.17, 15) is 4.39 Å². The lowest BCUT2D eigenvalue weighted by Gasteiger charge is -2.18. The molecule has 4 aromatic rings. The van der Waals surface area contributed by atoms with Gasteiger partial charge >= 0.3 is 0 Å². The Bertz CT molecular complexity index is 1150. The first-order valence-corrected chi connectivity index (χ1v) is 9.44. The first-order valence-electron chi connectivity index (χ1n) is 8.24. The number of pyridine rings is 1. The van der Waals surface area contributed by atoms with Gasteiger partial charge in [-0.25, -0.2) is 9.37 Å². The Balaban J connectivity index is 1.68. The third-order valence-electron chi connectivity index (χ3n) is 4.68. The summed E-state index contributed by atoms with van der Waals surface area (Å²) in [6.07, 6.45) is 2.16. The predicted octanol–water partition coefficient (Wildman–Crippen LogP) is 5.14. The third-order valence-corrected chi connectivity index (χ3v) is 6.18. The number of benzene rings is 1. The molecule has 4 nitrogen and oxygen atoms in total. The van der Waals surface area contributed by atoms with Crippen LogP contribution in [0.3, 0.4) is 0 Å². The number of nitrogens with one attached hydrogen (secondary N) is 1. The van der Waals surface area contributed by atoms with Crippen LogP contribution in [-0.2, 0) is 6.42 Å². The van der Waals surface area contributed by atoms with Crippen LogP contribution < -0.4 is 4.90 Å². The maximum absolute atomic E-state index is 13.7. The average Bonchev–Trinajstić information content (AvgIpc) is 3.22. The van der Waals surface area contributed by atoms with Crippen LogP contribution in [0, 0.1) is 5.82 Å². The number of para-hydroxylation sites is 1. The zero-order chi connectivity index (χ0) is 17.8. The maximum atomic E-state index is 13.7. The molecule has 0 unspecified atom stereocenters. The molecule has 0 radical (unpaired) electrons. The quantitative estimate of drug-likeness (QED) is 0.494. The molecule has 1 N–H and O–H groups in total. The fourth-order valence-corrected chi connectivity index (χ4v) is 4.73. The van der Waals surface area contributed by atoms with Crippen molar-refractivity contribution in [2.45, 2.75) is 6.42 Å². The molecule has 3 aromatic heterocycles. The molecule has 0 bridgehead atoms. The number of rotatable bonds is 1. The van der Waals surface area contributed by atoms with Crippen molar-refractivity contribution in [1.82, 2.24) is 15.0 Å². The lowest BCUT2D eigenvalue weighted by molar-refractivity contribution is 0.621. The number of thiophene rings is 1. The van der Waals surface area contributed by atoms with Gasteiger partial charge in [-0.2, -0.15) is 0 Å². The number of nitrogens with zero attached hydrogens (tertiary/aromatic N) is 3. The molecular formula is C19H14ClFN4S. The smallest absolute Gasteiger partial charge is 0.148 e. The van der Waals surface area contributed by atoms with Crippen molar-refractivity contribution < 1.29 is 4.39 Å². The zero-order valence-electron chi connectivity index (χ0n) is 13.9. The normalized spacial score (nSPS) is 13.6. The summed E-state index contributed by atoms with van der Waals surface area (Å²) in [7, 11) is 1.97. The van der Waals surface area contributed by atoms with E-state index in [-0.39, 0.29) is 5.82 Å². The third kappa shape index (κ3) is 2.40. The summed E-state index contributed by atoms with van der Waals surface area (Å²) in [4.78, 5) is 16.5. The molecule has 0 fully saturated rings. The van der Waals surface area contributed by atoms with E-state index >= 15 is 0 Å². The zero-order valence-corrected chi connectivity index (χ0v) is 15.5. The first-order chi connectivity index (χ1) is 12.6. The summed E-state index contributed by atoms with van der Waals surface area (Å²) in [6, 6.07) is 9.41. The largest absolute Gasteiger partial charge is 0.372 e. The minimum atomic E-state index is -0.317. The maximum Gasteiger partial charge on any atom is 0.148 e. The Morgan fingerprint density at radius 1 is 1.31 bits per heavy atom. The van der Waals surface area contributed by atoms with Gasteiger partial charge in [-0.3, -0.25) is 4.98 Å². The molecular weight excluding hydrogens is 371 g/mol. The topological polar surface area (TPSA) is 44.8 Å². The van der Waals surface area contributed by atoms with Crippen LogP contribution in [-0.4, -0.2) is 28.5 Å². The highest BCUT2D eigenvalue weighted by molar-refractivity contribution is 7.19. The van der Waals surface area contributed by atoms with Crippen molar-refractivity contribution in [2.24, 2.45) is 0 Å². The standard InChI is InChI=1S/C19H14ClFN4S/c1-25-6-5-10-7-15(19-23-13-4-2-3-12(20)16(13)24-19)26-18(10)17-14(25)8-11(21)9-22-17/h2-4,7-9H,5-6H2,1H3,(H,23,24). The highest BCUT2D eigenvalue weighted by Gasteiger charge is 2.23. The summed E-state index contributed by atoms with van der Waals surface area (Å²) < 4.78 is 13.7. The molecule has 0 spiro atoms. The summed E-state index contributed by atoms with van der Waals surface area (Å²) in [5, 5.41) is 0.632. The van der Waals surface area contributed by atoms with Crippen molar-refractivity contribution in [3.05, 3.63) is 52.9 Å². The van der Waals surface area contributed by atoms with Gasteiger partial charge in [0.15, 0.2) is 0 Å². The fourth-order valence-electron chi connectivity index (χ4n) is 3.35. The van der Waals surface area contributed by atoms with Gasteiger partial charge < -0.3 is 9.88 Å². The van der Waals surface area contributed by atoms with E-state index in [0.29, 0.717) is 5.02 Å². The SMILES string of the molecule is CN1CCc2cc(-c3nc4c(Cl)cccc4[nH]3)sc2-c2ncc(F)cc21. The number of hydrogen-bond acceptors (Lipinski definition) is 4. The summed E-state index contributed by atoms with van der Waals surface area (Å²) in [6.45, 7) is 0.813. The van der Waals surface area contributed by atoms with Gasteiger partial charge in [-0.05, 0) is 30.2 Å². The van der Waals surface area contributed by atoms with E-state index in [0.717, 1.165) is 51.0 Å².